The number of fused-ring (bicyclic) bond motifs is 1. The van der Waals surface area contributed by atoms with Crippen LogP contribution in [0, 0.1) is 0 Å². The first-order valence-corrected chi connectivity index (χ1v) is 14.4. The van der Waals surface area contributed by atoms with E-state index in [1.165, 1.54) is 0 Å². The number of rotatable bonds is 7. The van der Waals surface area contributed by atoms with Gasteiger partial charge in [0.1, 0.15) is 17.2 Å². The highest BCUT2D eigenvalue weighted by molar-refractivity contribution is 6.11. The molecule has 2 aliphatic rings. The molecule has 2 atom stereocenters. The molecule has 0 unspecified atom stereocenters. The summed E-state index contributed by atoms with van der Waals surface area (Å²) in [4.78, 5) is 34.8. The van der Waals surface area contributed by atoms with Crippen LogP contribution in [0.1, 0.15) is 33.4 Å². The zero-order chi connectivity index (χ0) is 29.9. The highest BCUT2D eigenvalue weighted by atomic mass is 16.5. The fourth-order valence-corrected chi connectivity index (χ4v) is 6.23. The average Bonchev–Trinajstić information content (AvgIpc) is 3.08. The molecule has 8 nitrogen and oxygen atoms in total. The Morgan fingerprint density at radius 3 is 1.95 bits per heavy atom. The first-order chi connectivity index (χ1) is 21.0. The number of piperazine rings is 1. The maximum Gasteiger partial charge on any atom is 0.259 e. The van der Waals surface area contributed by atoms with Crippen molar-refractivity contribution in [1.29, 1.82) is 0 Å². The Morgan fingerprint density at radius 2 is 1.30 bits per heavy atom. The summed E-state index contributed by atoms with van der Waals surface area (Å²) in [7, 11) is 4.91. The van der Waals surface area contributed by atoms with Crippen molar-refractivity contribution in [3.63, 3.8) is 0 Å². The predicted octanol–water partition coefficient (Wildman–Crippen LogP) is 5.55. The van der Waals surface area contributed by atoms with Gasteiger partial charge in [0.05, 0.1) is 39.0 Å². The van der Waals surface area contributed by atoms with Gasteiger partial charge in [-0.1, -0.05) is 42.5 Å². The second kappa shape index (κ2) is 12.1. The second-order valence-corrected chi connectivity index (χ2v) is 10.6. The van der Waals surface area contributed by atoms with Crippen molar-refractivity contribution in [3.05, 3.63) is 114 Å². The fraction of sp³-hybridized carbons (Fsp3) is 0.257. The van der Waals surface area contributed by atoms with Gasteiger partial charge < -0.3 is 24.0 Å². The van der Waals surface area contributed by atoms with Gasteiger partial charge in [0.25, 0.3) is 5.91 Å². The topological polar surface area (TPSA) is 71.6 Å². The normalized spacial score (nSPS) is 18.2. The van der Waals surface area contributed by atoms with Crippen molar-refractivity contribution in [2.24, 2.45) is 0 Å². The number of hydrogen-bond donors (Lipinski definition) is 0. The van der Waals surface area contributed by atoms with Crippen LogP contribution in [-0.2, 0) is 4.79 Å². The lowest BCUT2D eigenvalue weighted by molar-refractivity contribution is -0.133. The Morgan fingerprint density at radius 1 is 0.698 bits per heavy atom. The summed E-state index contributed by atoms with van der Waals surface area (Å²) in [6, 6.07) is 29.9. The van der Waals surface area contributed by atoms with Gasteiger partial charge in [0, 0.05) is 37.4 Å². The number of hydrogen-bond acceptors (Lipinski definition) is 6. The number of anilines is 2. The molecule has 0 spiro atoms. The molecule has 2 heterocycles. The van der Waals surface area contributed by atoms with E-state index in [4.69, 9.17) is 14.2 Å². The second-order valence-electron chi connectivity index (χ2n) is 10.6. The van der Waals surface area contributed by atoms with E-state index in [0.29, 0.717) is 48.9 Å². The van der Waals surface area contributed by atoms with Crippen molar-refractivity contribution in [2.45, 2.75) is 12.0 Å². The molecule has 1 fully saturated rings. The minimum atomic E-state index is -0.609. The van der Waals surface area contributed by atoms with Crippen LogP contribution in [0.15, 0.2) is 97.1 Å². The first-order valence-electron chi connectivity index (χ1n) is 14.4. The van der Waals surface area contributed by atoms with E-state index in [9.17, 15) is 9.59 Å². The largest absolute Gasteiger partial charge is 0.497 e. The van der Waals surface area contributed by atoms with E-state index >= 15 is 0 Å². The summed E-state index contributed by atoms with van der Waals surface area (Å²) in [5, 5.41) is 0. The van der Waals surface area contributed by atoms with Gasteiger partial charge in [-0.05, 0) is 65.7 Å². The molecular weight excluding hydrogens is 542 g/mol. The van der Waals surface area contributed by atoms with Crippen LogP contribution in [0.3, 0.4) is 0 Å². The van der Waals surface area contributed by atoms with E-state index < -0.39 is 12.0 Å². The van der Waals surface area contributed by atoms with E-state index in [2.05, 4.69) is 4.90 Å². The molecule has 1 saturated heterocycles. The van der Waals surface area contributed by atoms with Gasteiger partial charge in [-0.2, -0.15) is 0 Å². The number of benzene rings is 4. The molecule has 0 aliphatic carbocycles. The van der Waals surface area contributed by atoms with E-state index in [1.807, 2.05) is 102 Å². The van der Waals surface area contributed by atoms with Crippen LogP contribution in [0.2, 0.25) is 0 Å². The van der Waals surface area contributed by atoms with Crippen LogP contribution in [0.4, 0.5) is 11.4 Å². The summed E-state index contributed by atoms with van der Waals surface area (Å²) in [6.45, 7) is 2.46. The third-order valence-corrected chi connectivity index (χ3v) is 8.43. The summed E-state index contributed by atoms with van der Waals surface area (Å²) in [5.74, 6) is 1.46. The highest BCUT2D eigenvalue weighted by Crippen LogP contribution is 2.46. The van der Waals surface area contributed by atoms with Gasteiger partial charge in [-0.15, -0.1) is 0 Å². The van der Waals surface area contributed by atoms with Crippen LogP contribution in [0.5, 0.6) is 17.2 Å². The fourth-order valence-electron chi connectivity index (χ4n) is 6.23. The summed E-state index contributed by atoms with van der Waals surface area (Å²) in [5.41, 5.74) is 3.85. The van der Waals surface area contributed by atoms with Gasteiger partial charge >= 0.3 is 0 Å². The molecule has 2 amide bonds. The van der Waals surface area contributed by atoms with E-state index in [0.717, 1.165) is 22.6 Å². The lowest BCUT2D eigenvalue weighted by atomic mass is 9.78. The Balaban J connectivity index is 1.40. The van der Waals surface area contributed by atoms with Crippen LogP contribution in [-0.4, -0.2) is 64.2 Å². The quantitative estimate of drug-likeness (QED) is 0.287. The molecule has 0 radical (unpaired) electrons. The molecule has 0 saturated carbocycles. The molecule has 0 aromatic heterocycles. The summed E-state index contributed by atoms with van der Waals surface area (Å²) >= 11 is 0. The van der Waals surface area contributed by atoms with Crippen LogP contribution >= 0.6 is 0 Å². The molecule has 220 valence electrons. The molecule has 2 aliphatic heterocycles. The monoisotopic (exact) mass is 577 g/mol. The zero-order valence-corrected chi connectivity index (χ0v) is 24.6. The molecule has 8 heteroatoms. The Labute approximate surface area is 252 Å². The van der Waals surface area contributed by atoms with Crippen LogP contribution < -0.4 is 24.0 Å². The standard InChI is InChI=1S/C35H35N3O5/c1-41-26-16-12-24(13-17-26)33-32(35(40)37-22-20-36(21-23-37)30-10-6-7-11-31(30)43-3)28-8-4-5-9-29(28)34(39)38(33)25-14-18-27(42-2)19-15-25/h4-19,32-33H,20-23H2,1-3H3/t32-,33+/m1/s1. The van der Waals surface area contributed by atoms with Gasteiger partial charge in [-0.3, -0.25) is 14.5 Å². The Bertz CT molecular complexity index is 1600. The first kappa shape index (κ1) is 28.2. The van der Waals surface area contributed by atoms with Crippen LogP contribution in [0.25, 0.3) is 0 Å². The molecule has 43 heavy (non-hydrogen) atoms. The van der Waals surface area contributed by atoms with Crippen molar-refractivity contribution in [1.82, 2.24) is 4.90 Å². The number of nitrogens with zero attached hydrogens (tertiary/aromatic N) is 3. The highest BCUT2D eigenvalue weighted by Gasteiger charge is 2.46. The number of carbonyl (C=O) groups is 2. The maximum atomic E-state index is 14.7. The minimum Gasteiger partial charge on any atom is -0.497 e. The van der Waals surface area contributed by atoms with E-state index in [1.54, 1.807) is 26.2 Å². The maximum absolute atomic E-state index is 14.7. The number of amides is 2. The predicted molar refractivity (Wildman–Crippen MR) is 167 cm³/mol. The molecule has 4 aromatic rings. The van der Waals surface area contributed by atoms with Crippen molar-refractivity contribution >= 4 is 23.2 Å². The molecule has 0 N–H and O–H groups in total. The minimum absolute atomic E-state index is 0.000966. The molecule has 0 bridgehead atoms. The molecular formula is C35H35N3O5. The Kier molecular flexibility index (Phi) is 7.92. The molecule has 4 aromatic carbocycles. The van der Waals surface area contributed by atoms with Crippen molar-refractivity contribution in [3.8, 4) is 17.2 Å². The zero-order valence-electron chi connectivity index (χ0n) is 24.6. The SMILES string of the molecule is COc1ccc([C@H]2[C@H](C(=O)N3CCN(c4ccccc4OC)CC3)c3ccccc3C(=O)N2c2ccc(OC)cc2)cc1. The van der Waals surface area contributed by atoms with Gasteiger partial charge in [0.2, 0.25) is 5.91 Å². The summed E-state index contributed by atoms with van der Waals surface area (Å²) in [6.07, 6.45) is 0. The van der Waals surface area contributed by atoms with Gasteiger partial charge in [0.15, 0.2) is 0 Å². The Hall–Kier alpha value is -4.98. The molecule has 6 rings (SSSR count). The number of ether oxygens (including phenoxy) is 3. The number of methoxy groups -OCH3 is 3. The van der Waals surface area contributed by atoms with Crippen molar-refractivity contribution < 1.29 is 23.8 Å². The third-order valence-electron chi connectivity index (χ3n) is 8.43. The third kappa shape index (κ3) is 5.25. The lowest BCUT2D eigenvalue weighted by Crippen LogP contribution is -2.53. The summed E-state index contributed by atoms with van der Waals surface area (Å²) < 4.78 is 16.4. The average molecular weight is 578 g/mol. The van der Waals surface area contributed by atoms with Crippen molar-refractivity contribution in [2.75, 3.05) is 57.3 Å². The number of carbonyl (C=O) groups excluding carboxylic acids is 2. The lowest BCUT2D eigenvalue weighted by Gasteiger charge is -2.45. The number of para-hydroxylation sites is 2. The van der Waals surface area contributed by atoms with Gasteiger partial charge in [-0.25, -0.2) is 0 Å². The smallest absolute Gasteiger partial charge is 0.259 e. The van der Waals surface area contributed by atoms with E-state index in [-0.39, 0.29) is 11.8 Å².